The fraction of sp³-hybridized carbons (Fsp3) is 0.600. The average molecular weight is 268 g/mol. The van der Waals surface area contributed by atoms with E-state index in [2.05, 4.69) is 19.2 Å². The van der Waals surface area contributed by atoms with Gasteiger partial charge >= 0.3 is 0 Å². The summed E-state index contributed by atoms with van der Waals surface area (Å²) < 4.78 is 18.6. The standard InChI is InChI=1S/C15H25FN2O/c1-11(17)7-8-18-10-15(2,3)12-5-6-14(19-4)13(16)9-12/h5-6,9,11,18H,7-8,10,17H2,1-4H3. The van der Waals surface area contributed by atoms with Crippen LogP contribution in [0.1, 0.15) is 32.8 Å². The fourth-order valence-electron chi connectivity index (χ4n) is 1.92. The van der Waals surface area contributed by atoms with Gasteiger partial charge in [0, 0.05) is 18.0 Å². The number of methoxy groups -OCH3 is 1. The van der Waals surface area contributed by atoms with E-state index in [0.717, 1.165) is 25.1 Å². The maximum absolute atomic E-state index is 13.7. The maximum atomic E-state index is 13.7. The number of ether oxygens (including phenoxy) is 1. The van der Waals surface area contributed by atoms with E-state index in [0.29, 0.717) is 0 Å². The molecule has 0 spiro atoms. The molecule has 0 saturated carbocycles. The first-order valence-electron chi connectivity index (χ1n) is 6.67. The van der Waals surface area contributed by atoms with Crippen molar-refractivity contribution < 1.29 is 9.13 Å². The van der Waals surface area contributed by atoms with Gasteiger partial charge in [0.15, 0.2) is 11.6 Å². The van der Waals surface area contributed by atoms with Crippen molar-refractivity contribution in [2.45, 2.75) is 38.6 Å². The molecule has 1 rings (SSSR count). The molecule has 108 valence electrons. The highest BCUT2D eigenvalue weighted by molar-refractivity contribution is 5.33. The Labute approximate surface area is 115 Å². The Morgan fingerprint density at radius 1 is 1.42 bits per heavy atom. The monoisotopic (exact) mass is 268 g/mol. The zero-order valence-corrected chi connectivity index (χ0v) is 12.3. The van der Waals surface area contributed by atoms with Crippen molar-refractivity contribution in [3.8, 4) is 5.75 Å². The molecular weight excluding hydrogens is 243 g/mol. The Morgan fingerprint density at radius 2 is 2.11 bits per heavy atom. The van der Waals surface area contributed by atoms with Gasteiger partial charge in [0.25, 0.3) is 0 Å². The van der Waals surface area contributed by atoms with Crippen LogP contribution in [0.5, 0.6) is 5.75 Å². The molecule has 1 aromatic rings. The maximum Gasteiger partial charge on any atom is 0.165 e. The second kappa shape index (κ2) is 6.87. The first-order chi connectivity index (χ1) is 8.86. The van der Waals surface area contributed by atoms with Gasteiger partial charge < -0.3 is 15.8 Å². The third-order valence-electron chi connectivity index (χ3n) is 3.28. The lowest BCUT2D eigenvalue weighted by Gasteiger charge is -2.26. The van der Waals surface area contributed by atoms with Gasteiger partial charge in [0.05, 0.1) is 7.11 Å². The summed E-state index contributed by atoms with van der Waals surface area (Å²) in [5, 5.41) is 3.37. The van der Waals surface area contributed by atoms with Crippen LogP contribution < -0.4 is 15.8 Å². The van der Waals surface area contributed by atoms with E-state index in [-0.39, 0.29) is 23.0 Å². The molecule has 4 heteroatoms. The molecule has 0 heterocycles. The Balaban J connectivity index is 2.63. The molecule has 0 saturated heterocycles. The van der Waals surface area contributed by atoms with Gasteiger partial charge in [-0.1, -0.05) is 19.9 Å². The predicted octanol–water partition coefficient (Wildman–Crippen LogP) is 2.44. The molecule has 1 unspecified atom stereocenters. The number of halogens is 1. The minimum atomic E-state index is -0.316. The van der Waals surface area contributed by atoms with Crippen LogP contribution in [0.4, 0.5) is 4.39 Å². The SMILES string of the molecule is COc1ccc(C(C)(C)CNCCC(C)N)cc1F. The molecule has 1 atom stereocenters. The molecule has 0 bridgehead atoms. The number of hydrogen-bond acceptors (Lipinski definition) is 3. The molecule has 0 fully saturated rings. The zero-order valence-electron chi connectivity index (χ0n) is 12.3. The number of benzene rings is 1. The van der Waals surface area contributed by atoms with Crippen LogP contribution in [-0.2, 0) is 5.41 Å². The van der Waals surface area contributed by atoms with Crippen molar-refractivity contribution in [3.63, 3.8) is 0 Å². The minimum absolute atomic E-state index is 0.134. The van der Waals surface area contributed by atoms with E-state index in [4.69, 9.17) is 10.5 Å². The third kappa shape index (κ3) is 4.80. The first-order valence-corrected chi connectivity index (χ1v) is 6.67. The van der Waals surface area contributed by atoms with Crippen LogP contribution in [0.25, 0.3) is 0 Å². The summed E-state index contributed by atoms with van der Waals surface area (Å²) in [6.45, 7) is 7.83. The van der Waals surface area contributed by atoms with Crippen molar-refractivity contribution in [1.82, 2.24) is 5.32 Å². The van der Waals surface area contributed by atoms with E-state index in [1.807, 2.05) is 13.0 Å². The molecule has 0 radical (unpaired) electrons. The van der Waals surface area contributed by atoms with Gasteiger partial charge in [-0.25, -0.2) is 4.39 Å². The van der Waals surface area contributed by atoms with Crippen molar-refractivity contribution in [2.24, 2.45) is 5.73 Å². The molecular formula is C15H25FN2O. The van der Waals surface area contributed by atoms with Gasteiger partial charge in [-0.15, -0.1) is 0 Å². The smallest absolute Gasteiger partial charge is 0.165 e. The largest absolute Gasteiger partial charge is 0.494 e. The summed E-state index contributed by atoms with van der Waals surface area (Å²) in [5.74, 6) is -0.0341. The van der Waals surface area contributed by atoms with Crippen LogP contribution in [0.2, 0.25) is 0 Å². The van der Waals surface area contributed by atoms with Crippen LogP contribution in [0.3, 0.4) is 0 Å². The van der Waals surface area contributed by atoms with Crippen molar-refractivity contribution in [2.75, 3.05) is 20.2 Å². The van der Waals surface area contributed by atoms with Gasteiger partial charge in [-0.3, -0.25) is 0 Å². The molecule has 19 heavy (non-hydrogen) atoms. The Hall–Kier alpha value is -1.13. The lowest BCUT2D eigenvalue weighted by atomic mass is 9.84. The normalized spacial score (nSPS) is 13.4. The molecule has 3 N–H and O–H groups in total. The Bertz CT molecular complexity index is 405. The lowest BCUT2D eigenvalue weighted by molar-refractivity contribution is 0.384. The van der Waals surface area contributed by atoms with Gasteiger partial charge in [-0.05, 0) is 37.6 Å². The second-order valence-electron chi connectivity index (χ2n) is 5.68. The van der Waals surface area contributed by atoms with Crippen molar-refractivity contribution in [3.05, 3.63) is 29.6 Å². The lowest BCUT2D eigenvalue weighted by Crippen LogP contribution is -2.35. The Kier molecular flexibility index (Phi) is 5.76. The van der Waals surface area contributed by atoms with E-state index in [1.165, 1.54) is 7.11 Å². The molecule has 0 aliphatic carbocycles. The summed E-state index contributed by atoms with van der Waals surface area (Å²) in [4.78, 5) is 0. The van der Waals surface area contributed by atoms with E-state index >= 15 is 0 Å². The highest BCUT2D eigenvalue weighted by Gasteiger charge is 2.21. The summed E-state index contributed by atoms with van der Waals surface area (Å²) >= 11 is 0. The van der Waals surface area contributed by atoms with Crippen LogP contribution in [-0.4, -0.2) is 26.2 Å². The quantitative estimate of drug-likeness (QED) is 0.747. The summed E-state index contributed by atoms with van der Waals surface area (Å²) in [6.07, 6.45) is 0.938. The highest BCUT2D eigenvalue weighted by Crippen LogP contribution is 2.27. The van der Waals surface area contributed by atoms with Crippen LogP contribution >= 0.6 is 0 Å². The van der Waals surface area contributed by atoms with Crippen LogP contribution in [0.15, 0.2) is 18.2 Å². The third-order valence-corrected chi connectivity index (χ3v) is 3.28. The molecule has 0 aliphatic rings. The van der Waals surface area contributed by atoms with E-state index in [9.17, 15) is 4.39 Å². The second-order valence-corrected chi connectivity index (χ2v) is 5.68. The molecule has 1 aromatic carbocycles. The molecule has 3 nitrogen and oxygen atoms in total. The van der Waals surface area contributed by atoms with Gasteiger partial charge in [0.1, 0.15) is 0 Å². The molecule has 0 aromatic heterocycles. The summed E-state index contributed by atoms with van der Waals surface area (Å²) in [7, 11) is 1.47. The van der Waals surface area contributed by atoms with Gasteiger partial charge in [-0.2, -0.15) is 0 Å². The highest BCUT2D eigenvalue weighted by atomic mass is 19.1. The van der Waals surface area contributed by atoms with Gasteiger partial charge in [0.2, 0.25) is 0 Å². The van der Waals surface area contributed by atoms with E-state index < -0.39 is 0 Å². The summed E-state index contributed by atoms with van der Waals surface area (Å²) in [5.41, 5.74) is 6.53. The number of rotatable bonds is 7. The van der Waals surface area contributed by atoms with E-state index in [1.54, 1.807) is 12.1 Å². The van der Waals surface area contributed by atoms with Crippen molar-refractivity contribution in [1.29, 1.82) is 0 Å². The first kappa shape index (κ1) is 15.9. The number of nitrogens with two attached hydrogens (primary N) is 1. The van der Waals surface area contributed by atoms with Crippen molar-refractivity contribution >= 4 is 0 Å². The summed E-state index contributed by atoms with van der Waals surface area (Å²) in [6, 6.07) is 5.34. The fourth-order valence-corrected chi connectivity index (χ4v) is 1.92. The average Bonchev–Trinajstić information content (AvgIpc) is 2.34. The Morgan fingerprint density at radius 3 is 2.63 bits per heavy atom. The molecule has 0 aliphatic heterocycles. The zero-order chi connectivity index (χ0) is 14.5. The minimum Gasteiger partial charge on any atom is -0.494 e. The predicted molar refractivity (Wildman–Crippen MR) is 77.1 cm³/mol. The topological polar surface area (TPSA) is 47.3 Å². The van der Waals surface area contributed by atoms with Crippen LogP contribution in [0, 0.1) is 5.82 Å². The number of hydrogen-bond donors (Lipinski definition) is 2. The number of nitrogens with one attached hydrogen (secondary N) is 1. The molecule has 0 amide bonds.